The summed E-state index contributed by atoms with van der Waals surface area (Å²) in [6, 6.07) is 8.37. The molecule has 0 aliphatic carbocycles. The number of nitro benzene ring substituents is 1. The molecule has 0 radical (unpaired) electrons. The number of para-hydroxylation sites is 1. The molecular weight excluding hydrogens is 374 g/mol. The fourth-order valence-corrected chi connectivity index (χ4v) is 3.36. The molecule has 0 aliphatic heterocycles. The van der Waals surface area contributed by atoms with Crippen molar-refractivity contribution in [2.24, 2.45) is 0 Å². The molecule has 1 N–H and O–H groups in total. The third-order valence-electron chi connectivity index (χ3n) is 3.86. The summed E-state index contributed by atoms with van der Waals surface area (Å²) in [5.74, 6) is -0.528. The molecule has 0 heterocycles. The summed E-state index contributed by atoms with van der Waals surface area (Å²) in [6.45, 7) is 1.53. The highest BCUT2D eigenvalue weighted by Crippen LogP contribution is 2.30. The van der Waals surface area contributed by atoms with Gasteiger partial charge in [-0.15, -0.1) is 0 Å². The van der Waals surface area contributed by atoms with E-state index in [1.54, 1.807) is 0 Å². The van der Waals surface area contributed by atoms with Crippen LogP contribution in [0.15, 0.2) is 41.3 Å². The van der Waals surface area contributed by atoms with E-state index in [-0.39, 0.29) is 27.6 Å². The molecule has 10 heteroatoms. The van der Waals surface area contributed by atoms with E-state index in [0.29, 0.717) is 5.56 Å². The Morgan fingerprint density at radius 3 is 2.44 bits per heavy atom. The monoisotopic (exact) mass is 393 g/mol. The van der Waals surface area contributed by atoms with Crippen molar-refractivity contribution in [3.63, 3.8) is 0 Å². The number of aryl methyl sites for hydroxylation is 1. The number of anilines is 1. The molecule has 2 rings (SSSR count). The molecule has 0 atom stereocenters. The summed E-state index contributed by atoms with van der Waals surface area (Å²) < 4.78 is 30.8. The second-order valence-electron chi connectivity index (χ2n) is 5.83. The van der Waals surface area contributed by atoms with Crippen LogP contribution in [0.2, 0.25) is 0 Å². The topological polar surface area (TPSA) is 119 Å². The molecule has 144 valence electrons. The molecule has 1 amide bonds. The zero-order valence-corrected chi connectivity index (χ0v) is 16.0. The first-order valence-corrected chi connectivity index (χ1v) is 9.19. The molecule has 0 saturated heterocycles. The van der Waals surface area contributed by atoms with Gasteiger partial charge in [-0.05, 0) is 31.2 Å². The number of hydrogen-bond acceptors (Lipinski definition) is 6. The molecule has 0 unspecified atom stereocenters. The van der Waals surface area contributed by atoms with E-state index in [1.807, 2.05) is 0 Å². The minimum atomic E-state index is -3.73. The van der Waals surface area contributed by atoms with Gasteiger partial charge in [-0.25, -0.2) is 12.7 Å². The lowest BCUT2D eigenvalue weighted by Crippen LogP contribution is -2.22. The van der Waals surface area contributed by atoms with Gasteiger partial charge in [0.2, 0.25) is 10.0 Å². The van der Waals surface area contributed by atoms with E-state index in [9.17, 15) is 23.3 Å². The lowest BCUT2D eigenvalue weighted by Gasteiger charge is -2.15. The third kappa shape index (κ3) is 4.07. The van der Waals surface area contributed by atoms with Gasteiger partial charge < -0.3 is 10.1 Å². The number of benzene rings is 2. The van der Waals surface area contributed by atoms with Crippen LogP contribution in [0.5, 0.6) is 5.75 Å². The number of nitrogens with one attached hydrogen (secondary N) is 1. The van der Waals surface area contributed by atoms with Gasteiger partial charge in [-0.2, -0.15) is 0 Å². The number of nitro groups is 1. The fourth-order valence-electron chi connectivity index (χ4n) is 2.43. The van der Waals surface area contributed by atoms with Gasteiger partial charge in [0.1, 0.15) is 11.3 Å². The first kappa shape index (κ1) is 20.3. The number of sulfonamides is 1. The largest absolute Gasteiger partial charge is 0.495 e. The molecule has 2 aromatic rings. The quantitative estimate of drug-likeness (QED) is 0.595. The Kier molecular flexibility index (Phi) is 5.82. The molecular formula is C17H19N3O6S. The van der Waals surface area contributed by atoms with Crippen molar-refractivity contribution in [2.75, 3.05) is 26.5 Å². The number of rotatable bonds is 6. The molecule has 2 aromatic carbocycles. The smallest absolute Gasteiger partial charge is 0.285 e. The number of nitrogens with zero attached hydrogens (tertiary/aromatic N) is 2. The average molecular weight is 393 g/mol. The van der Waals surface area contributed by atoms with Crippen LogP contribution in [0.4, 0.5) is 11.4 Å². The average Bonchev–Trinajstić information content (AvgIpc) is 2.60. The first-order chi connectivity index (χ1) is 12.6. The Morgan fingerprint density at radius 2 is 1.89 bits per heavy atom. The van der Waals surface area contributed by atoms with Gasteiger partial charge in [0, 0.05) is 19.7 Å². The van der Waals surface area contributed by atoms with Gasteiger partial charge in [0.15, 0.2) is 0 Å². The molecule has 0 fully saturated rings. The van der Waals surface area contributed by atoms with Crippen LogP contribution in [0, 0.1) is 17.0 Å². The second-order valence-corrected chi connectivity index (χ2v) is 7.98. The van der Waals surface area contributed by atoms with Crippen LogP contribution in [0.1, 0.15) is 15.9 Å². The number of carbonyl (C=O) groups excluding carboxylic acids is 1. The predicted molar refractivity (Wildman–Crippen MR) is 99.7 cm³/mol. The number of ether oxygens (including phenoxy) is 1. The Bertz CT molecular complexity index is 1000. The molecule has 27 heavy (non-hydrogen) atoms. The van der Waals surface area contributed by atoms with Gasteiger partial charge in [0.05, 0.1) is 22.6 Å². The van der Waals surface area contributed by atoms with E-state index in [2.05, 4.69) is 5.32 Å². The zero-order chi connectivity index (χ0) is 20.4. The van der Waals surface area contributed by atoms with Crippen LogP contribution in [0.3, 0.4) is 0 Å². The molecule has 0 aliphatic rings. The van der Waals surface area contributed by atoms with Crippen molar-refractivity contribution in [3.05, 3.63) is 57.6 Å². The van der Waals surface area contributed by atoms with E-state index in [4.69, 9.17) is 4.74 Å². The Labute approximate surface area is 156 Å². The summed E-state index contributed by atoms with van der Waals surface area (Å²) >= 11 is 0. The molecule has 0 bridgehead atoms. The molecule has 9 nitrogen and oxygen atoms in total. The van der Waals surface area contributed by atoms with Gasteiger partial charge >= 0.3 is 0 Å². The van der Waals surface area contributed by atoms with Crippen molar-refractivity contribution in [1.82, 2.24) is 4.31 Å². The standard InChI is InChI=1S/C17H19N3O6S/c1-11-6-5-7-13(16(11)20(22)23)17(21)18-14-10-12(8-9-15(14)26-4)27(24,25)19(2)3/h5-10H,1-4H3,(H,18,21). The third-order valence-corrected chi connectivity index (χ3v) is 5.67. The van der Waals surface area contributed by atoms with E-state index < -0.39 is 20.9 Å². The maximum absolute atomic E-state index is 12.6. The molecule has 0 aromatic heterocycles. The lowest BCUT2D eigenvalue weighted by molar-refractivity contribution is -0.385. The van der Waals surface area contributed by atoms with Crippen molar-refractivity contribution in [2.45, 2.75) is 11.8 Å². The van der Waals surface area contributed by atoms with E-state index >= 15 is 0 Å². The minimum absolute atomic E-state index is 0.0534. The second kappa shape index (κ2) is 7.72. The fraction of sp³-hybridized carbons (Fsp3) is 0.235. The van der Waals surface area contributed by atoms with Gasteiger partial charge in [0.25, 0.3) is 11.6 Å². The van der Waals surface area contributed by atoms with E-state index in [1.165, 1.54) is 64.5 Å². The van der Waals surface area contributed by atoms with Gasteiger partial charge in [-0.1, -0.05) is 12.1 Å². The minimum Gasteiger partial charge on any atom is -0.495 e. The summed E-state index contributed by atoms with van der Waals surface area (Å²) in [5, 5.41) is 13.8. The Morgan fingerprint density at radius 1 is 1.22 bits per heavy atom. The van der Waals surface area contributed by atoms with Crippen LogP contribution in [-0.2, 0) is 10.0 Å². The summed E-state index contributed by atoms with van der Waals surface area (Å²) in [4.78, 5) is 23.2. The maximum Gasteiger partial charge on any atom is 0.285 e. The number of carbonyl (C=O) groups is 1. The molecule has 0 saturated carbocycles. The van der Waals surface area contributed by atoms with Crippen molar-refractivity contribution in [1.29, 1.82) is 0 Å². The number of hydrogen-bond donors (Lipinski definition) is 1. The molecule has 0 spiro atoms. The predicted octanol–water partition coefficient (Wildman–Crippen LogP) is 2.41. The van der Waals surface area contributed by atoms with Crippen LogP contribution < -0.4 is 10.1 Å². The number of methoxy groups -OCH3 is 1. The summed E-state index contributed by atoms with van der Waals surface area (Å²) in [5.41, 5.74) is -0.0289. The lowest BCUT2D eigenvalue weighted by atomic mass is 10.1. The highest BCUT2D eigenvalue weighted by atomic mass is 32.2. The summed E-state index contributed by atoms with van der Waals surface area (Å²) in [6.07, 6.45) is 0. The van der Waals surface area contributed by atoms with Crippen molar-refractivity contribution in [3.8, 4) is 5.75 Å². The Balaban J connectivity index is 2.50. The Hall–Kier alpha value is -2.98. The summed E-state index contributed by atoms with van der Waals surface area (Å²) in [7, 11) is 0.392. The normalized spacial score (nSPS) is 11.3. The van der Waals surface area contributed by atoms with Crippen LogP contribution in [-0.4, -0.2) is 44.8 Å². The van der Waals surface area contributed by atoms with Crippen molar-refractivity contribution >= 4 is 27.3 Å². The zero-order valence-electron chi connectivity index (χ0n) is 15.2. The SMILES string of the molecule is COc1ccc(S(=O)(=O)N(C)C)cc1NC(=O)c1cccc(C)c1[N+](=O)[O-]. The van der Waals surface area contributed by atoms with Crippen LogP contribution >= 0.6 is 0 Å². The van der Waals surface area contributed by atoms with Crippen LogP contribution in [0.25, 0.3) is 0 Å². The maximum atomic E-state index is 12.6. The highest BCUT2D eigenvalue weighted by molar-refractivity contribution is 7.89. The van der Waals surface area contributed by atoms with Gasteiger partial charge in [-0.3, -0.25) is 14.9 Å². The van der Waals surface area contributed by atoms with Crippen molar-refractivity contribution < 1.29 is 22.9 Å². The number of amides is 1. The first-order valence-electron chi connectivity index (χ1n) is 7.75. The van der Waals surface area contributed by atoms with E-state index in [0.717, 1.165) is 4.31 Å². The highest BCUT2D eigenvalue weighted by Gasteiger charge is 2.24.